The molecular formula is C8H10N2O4. The van der Waals surface area contributed by atoms with E-state index >= 15 is 0 Å². The van der Waals surface area contributed by atoms with Gasteiger partial charge < -0.3 is 5.11 Å². The molecule has 0 amide bonds. The first-order valence-electron chi connectivity index (χ1n) is 3.92. The number of rotatable bonds is 2. The first kappa shape index (κ1) is 10.2. The summed E-state index contributed by atoms with van der Waals surface area (Å²) in [7, 11) is 1.32. The lowest BCUT2D eigenvalue weighted by molar-refractivity contribution is -0.137. The van der Waals surface area contributed by atoms with Gasteiger partial charge in [0.2, 0.25) is 0 Å². The van der Waals surface area contributed by atoms with Crippen LogP contribution >= 0.6 is 0 Å². The predicted molar refractivity (Wildman–Crippen MR) is 48.3 cm³/mol. The van der Waals surface area contributed by atoms with Crippen LogP contribution in [0.5, 0.6) is 0 Å². The average molecular weight is 198 g/mol. The lowest BCUT2D eigenvalue weighted by Gasteiger charge is -2.05. The molecule has 0 aliphatic rings. The molecule has 0 unspecified atom stereocenters. The van der Waals surface area contributed by atoms with Crippen LogP contribution in [0.4, 0.5) is 0 Å². The molecule has 1 aromatic heterocycles. The van der Waals surface area contributed by atoms with E-state index in [9.17, 15) is 14.4 Å². The Morgan fingerprint density at radius 3 is 2.57 bits per heavy atom. The molecule has 1 heterocycles. The highest BCUT2D eigenvalue weighted by Crippen LogP contribution is 1.85. The lowest BCUT2D eigenvalue weighted by atomic mass is 10.4. The van der Waals surface area contributed by atoms with E-state index in [1.165, 1.54) is 20.2 Å². The van der Waals surface area contributed by atoms with Crippen LogP contribution in [-0.2, 0) is 18.4 Å². The van der Waals surface area contributed by atoms with Gasteiger partial charge in [-0.15, -0.1) is 0 Å². The fourth-order valence-corrected chi connectivity index (χ4v) is 1.15. The smallest absolute Gasteiger partial charge is 0.331 e. The maximum Gasteiger partial charge on any atom is 0.331 e. The largest absolute Gasteiger partial charge is 0.480 e. The zero-order valence-corrected chi connectivity index (χ0v) is 7.85. The second-order valence-electron chi connectivity index (χ2n) is 2.98. The third-order valence-corrected chi connectivity index (χ3v) is 1.83. The summed E-state index contributed by atoms with van der Waals surface area (Å²) in [6.45, 7) is 1.09. The van der Waals surface area contributed by atoms with Crippen molar-refractivity contribution in [3.63, 3.8) is 0 Å². The third-order valence-electron chi connectivity index (χ3n) is 1.83. The molecule has 0 atom stereocenters. The summed E-state index contributed by atoms with van der Waals surface area (Å²) in [5.41, 5.74) is -0.687. The molecule has 1 rings (SSSR count). The first-order chi connectivity index (χ1) is 6.43. The second kappa shape index (κ2) is 3.49. The minimum atomic E-state index is -1.12. The quantitative estimate of drug-likeness (QED) is 0.656. The van der Waals surface area contributed by atoms with Crippen molar-refractivity contribution in [3.8, 4) is 0 Å². The molecule has 0 aromatic carbocycles. The van der Waals surface area contributed by atoms with E-state index in [0.29, 0.717) is 5.56 Å². The first-order valence-corrected chi connectivity index (χ1v) is 3.92. The minimum absolute atomic E-state index is 0.341. The summed E-state index contributed by atoms with van der Waals surface area (Å²) in [4.78, 5) is 33.0. The van der Waals surface area contributed by atoms with E-state index in [-0.39, 0.29) is 0 Å². The molecule has 0 fully saturated rings. The summed E-state index contributed by atoms with van der Waals surface area (Å²) in [6.07, 6.45) is 1.25. The SMILES string of the molecule is Cc1cn(CC(=O)O)c(=O)n(C)c1=O. The highest BCUT2D eigenvalue weighted by Gasteiger charge is 2.07. The average Bonchev–Trinajstić information content (AvgIpc) is 2.10. The normalized spacial score (nSPS) is 10.1. The van der Waals surface area contributed by atoms with Crippen molar-refractivity contribution in [1.29, 1.82) is 0 Å². The monoisotopic (exact) mass is 198 g/mol. The maximum absolute atomic E-state index is 11.3. The van der Waals surface area contributed by atoms with Crippen molar-refractivity contribution in [2.75, 3.05) is 0 Å². The number of carbonyl (C=O) groups is 1. The Morgan fingerprint density at radius 2 is 2.07 bits per heavy atom. The van der Waals surface area contributed by atoms with E-state index in [4.69, 9.17) is 5.11 Å². The number of carboxylic acids is 1. The fourth-order valence-electron chi connectivity index (χ4n) is 1.15. The van der Waals surface area contributed by atoms with Crippen LogP contribution in [0, 0.1) is 6.92 Å². The van der Waals surface area contributed by atoms with Crippen LogP contribution < -0.4 is 11.2 Å². The van der Waals surface area contributed by atoms with Crippen LogP contribution in [0.2, 0.25) is 0 Å². The lowest BCUT2D eigenvalue weighted by Crippen LogP contribution is -2.39. The zero-order valence-electron chi connectivity index (χ0n) is 7.85. The van der Waals surface area contributed by atoms with Crippen LogP contribution in [-0.4, -0.2) is 20.2 Å². The molecule has 0 saturated heterocycles. The Balaban J connectivity index is 3.41. The van der Waals surface area contributed by atoms with Crippen molar-refractivity contribution in [3.05, 3.63) is 32.6 Å². The third kappa shape index (κ3) is 1.73. The summed E-state index contributed by atoms with van der Waals surface area (Å²) in [5, 5.41) is 8.50. The Morgan fingerprint density at radius 1 is 1.50 bits per heavy atom. The van der Waals surface area contributed by atoms with Crippen molar-refractivity contribution in [2.45, 2.75) is 13.5 Å². The minimum Gasteiger partial charge on any atom is -0.480 e. The molecule has 0 aliphatic carbocycles. The van der Waals surface area contributed by atoms with Crippen molar-refractivity contribution < 1.29 is 9.90 Å². The topological polar surface area (TPSA) is 81.3 Å². The van der Waals surface area contributed by atoms with Crippen LogP contribution in [0.25, 0.3) is 0 Å². The van der Waals surface area contributed by atoms with E-state index in [1.54, 1.807) is 0 Å². The van der Waals surface area contributed by atoms with Gasteiger partial charge in [-0.2, -0.15) is 0 Å². The Bertz CT molecular complexity index is 483. The zero-order chi connectivity index (χ0) is 10.9. The van der Waals surface area contributed by atoms with E-state index in [2.05, 4.69) is 0 Å². The predicted octanol–water partition coefficient (Wildman–Crippen LogP) is -1.06. The number of aryl methyl sites for hydroxylation is 1. The van der Waals surface area contributed by atoms with Crippen LogP contribution in [0.1, 0.15) is 5.56 Å². The molecule has 0 spiro atoms. The molecule has 14 heavy (non-hydrogen) atoms. The number of aliphatic carboxylic acids is 1. The van der Waals surface area contributed by atoms with Gasteiger partial charge in [-0.05, 0) is 6.92 Å². The van der Waals surface area contributed by atoms with E-state index in [1.807, 2.05) is 0 Å². The van der Waals surface area contributed by atoms with Gasteiger partial charge >= 0.3 is 11.7 Å². The summed E-state index contributed by atoms with van der Waals surface area (Å²) >= 11 is 0. The van der Waals surface area contributed by atoms with Crippen LogP contribution in [0.15, 0.2) is 15.8 Å². The molecule has 6 heteroatoms. The Kier molecular flexibility index (Phi) is 2.55. The van der Waals surface area contributed by atoms with Gasteiger partial charge in [-0.3, -0.25) is 18.7 Å². The molecule has 76 valence electrons. The highest BCUT2D eigenvalue weighted by atomic mass is 16.4. The van der Waals surface area contributed by atoms with Crippen LogP contribution in [0.3, 0.4) is 0 Å². The van der Waals surface area contributed by atoms with Gasteiger partial charge in [-0.25, -0.2) is 4.79 Å². The number of carboxylic acid groups (broad SMARTS) is 1. The standard InChI is InChI=1S/C8H10N2O4/c1-5-3-10(4-6(11)12)8(14)9(2)7(5)13/h3H,4H2,1-2H3,(H,11,12). The molecule has 0 radical (unpaired) electrons. The van der Waals surface area contributed by atoms with Crippen molar-refractivity contribution in [2.24, 2.45) is 7.05 Å². The molecule has 0 saturated carbocycles. The molecule has 6 nitrogen and oxygen atoms in total. The maximum atomic E-state index is 11.3. The molecule has 0 aliphatic heterocycles. The number of hydrogen-bond donors (Lipinski definition) is 1. The number of aromatic nitrogens is 2. The highest BCUT2D eigenvalue weighted by molar-refractivity contribution is 5.66. The number of nitrogens with zero attached hydrogens (tertiary/aromatic N) is 2. The van der Waals surface area contributed by atoms with Gasteiger partial charge in [-0.1, -0.05) is 0 Å². The Labute approximate surface area is 79.0 Å². The van der Waals surface area contributed by atoms with Crippen molar-refractivity contribution >= 4 is 5.97 Å². The second-order valence-corrected chi connectivity index (χ2v) is 2.98. The summed E-state index contributed by atoms with van der Waals surface area (Å²) in [6, 6.07) is 0. The summed E-state index contributed by atoms with van der Waals surface area (Å²) in [5.74, 6) is -1.12. The molecule has 0 bridgehead atoms. The fraction of sp³-hybridized carbons (Fsp3) is 0.375. The molecular weight excluding hydrogens is 188 g/mol. The van der Waals surface area contributed by atoms with Gasteiger partial charge in [0.25, 0.3) is 5.56 Å². The van der Waals surface area contributed by atoms with Gasteiger partial charge in [0, 0.05) is 18.8 Å². The molecule has 1 N–H and O–H groups in total. The number of hydrogen-bond acceptors (Lipinski definition) is 3. The van der Waals surface area contributed by atoms with Gasteiger partial charge in [0.1, 0.15) is 6.54 Å². The molecule has 1 aromatic rings. The Hall–Kier alpha value is -1.85. The van der Waals surface area contributed by atoms with Gasteiger partial charge in [0.15, 0.2) is 0 Å². The van der Waals surface area contributed by atoms with Crippen molar-refractivity contribution in [1.82, 2.24) is 9.13 Å². The van der Waals surface area contributed by atoms with Gasteiger partial charge in [0.05, 0.1) is 0 Å². The summed E-state index contributed by atoms with van der Waals surface area (Å²) < 4.78 is 1.87. The van der Waals surface area contributed by atoms with E-state index < -0.39 is 23.8 Å². The van der Waals surface area contributed by atoms with E-state index in [0.717, 1.165) is 9.13 Å².